The Labute approximate surface area is 89.0 Å². The zero-order valence-corrected chi connectivity index (χ0v) is 8.88. The number of allylic oxidation sites excluding steroid dienone is 2. The molecular weight excluding hydrogens is 202 g/mol. The third kappa shape index (κ3) is 2.13. The molecule has 4 nitrogen and oxygen atoms in total. The molecule has 0 fully saturated rings. The Morgan fingerprint density at radius 3 is 2.86 bits per heavy atom. The van der Waals surface area contributed by atoms with E-state index in [2.05, 4.69) is 16.2 Å². The van der Waals surface area contributed by atoms with Gasteiger partial charge in [-0.15, -0.1) is 12.4 Å². The predicted octanol–water partition coefficient (Wildman–Crippen LogP) is 2.08. The molecule has 1 heterocycles. The second-order valence-corrected chi connectivity index (χ2v) is 3.37. The molecule has 14 heavy (non-hydrogen) atoms. The smallest absolute Gasteiger partial charge is 0.253 e. The fourth-order valence-corrected chi connectivity index (χ4v) is 1.42. The molecule has 5 heteroatoms. The van der Waals surface area contributed by atoms with Crippen molar-refractivity contribution in [3.8, 4) is 0 Å². The van der Waals surface area contributed by atoms with Crippen LogP contribution in [0.1, 0.15) is 43.9 Å². The highest BCUT2D eigenvalue weighted by Crippen LogP contribution is 2.26. The molecule has 0 saturated heterocycles. The summed E-state index contributed by atoms with van der Waals surface area (Å²) in [6, 6.07) is -0.153. The zero-order chi connectivity index (χ0) is 9.26. The third-order valence-corrected chi connectivity index (χ3v) is 2.16. The van der Waals surface area contributed by atoms with E-state index >= 15 is 0 Å². The second kappa shape index (κ2) is 4.57. The van der Waals surface area contributed by atoms with Crippen LogP contribution in [0, 0.1) is 0 Å². The van der Waals surface area contributed by atoms with Crippen LogP contribution in [0.25, 0.3) is 5.57 Å². The first-order chi connectivity index (χ1) is 6.27. The maximum atomic E-state index is 5.62. The standard InChI is InChI=1S/C9H13N3O.ClH/c1-6(10)8-11-9(13-12-8)7-4-2-3-5-7;/h4,6H,2-3,5,10H2,1H3;1H. The van der Waals surface area contributed by atoms with Crippen LogP contribution in [-0.4, -0.2) is 10.1 Å². The van der Waals surface area contributed by atoms with Crippen molar-refractivity contribution in [1.29, 1.82) is 0 Å². The molecule has 0 spiro atoms. The number of halogens is 1. The fourth-order valence-electron chi connectivity index (χ4n) is 1.42. The number of aromatic nitrogens is 2. The van der Waals surface area contributed by atoms with Crippen LogP contribution in [-0.2, 0) is 0 Å². The number of hydrogen-bond acceptors (Lipinski definition) is 4. The molecule has 78 valence electrons. The first kappa shape index (κ1) is 11.2. The molecule has 1 aromatic rings. The van der Waals surface area contributed by atoms with Gasteiger partial charge >= 0.3 is 0 Å². The summed E-state index contributed by atoms with van der Waals surface area (Å²) in [6.45, 7) is 1.84. The number of nitrogens with zero attached hydrogens (tertiary/aromatic N) is 2. The van der Waals surface area contributed by atoms with Gasteiger partial charge in [-0.05, 0) is 26.2 Å². The Bertz CT molecular complexity index is 333. The van der Waals surface area contributed by atoms with Crippen LogP contribution in [0.3, 0.4) is 0 Å². The van der Waals surface area contributed by atoms with Crippen molar-refractivity contribution in [1.82, 2.24) is 10.1 Å². The van der Waals surface area contributed by atoms with Gasteiger partial charge in [0, 0.05) is 5.57 Å². The summed E-state index contributed by atoms with van der Waals surface area (Å²) in [7, 11) is 0. The SMILES string of the molecule is CC(N)c1noc(C2=CCCC2)n1.Cl. The van der Waals surface area contributed by atoms with Gasteiger partial charge in [0.15, 0.2) is 5.82 Å². The number of nitrogens with two attached hydrogens (primary N) is 1. The molecular formula is C9H14ClN3O. The van der Waals surface area contributed by atoms with Crippen molar-refractivity contribution in [2.75, 3.05) is 0 Å². The van der Waals surface area contributed by atoms with Crippen LogP contribution < -0.4 is 5.73 Å². The molecule has 0 amide bonds. The van der Waals surface area contributed by atoms with Gasteiger partial charge in [0.25, 0.3) is 5.89 Å². The lowest BCUT2D eigenvalue weighted by Gasteiger charge is -1.93. The second-order valence-electron chi connectivity index (χ2n) is 3.37. The van der Waals surface area contributed by atoms with E-state index in [4.69, 9.17) is 10.3 Å². The fraction of sp³-hybridized carbons (Fsp3) is 0.556. The van der Waals surface area contributed by atoms with Gasteiger partial charge in [-0.1, -0.05) is 11.2 Å². The third-order valence-electron chi connectivity index (χ3n) is 2.16. The summed E-state index contributed by atoms with van der Waals surface area (Å²) in [4.78, 5) is 4.22. The van der Waals surface area contributed by atoms with Crippen LogP contribution in [0.5, 0.6) is 0 Å². The van der Waals surface area contributed by atoms with E-state index in [0.29, 0.717) is 11.7 Å². The van der Waals surface area contributed by atoms with Crippen LogP contribution in [0.15, 0.2) is 10.6 Å². The molecule has 0 aliphatic heterocycles. The van der Waals surface area contributed by atoms with Gasteiger partial charge in [0.2, 0.25) is 0 Å². The van der Waals surface area contributed by atoms with Crippen molar-refractivity contribution in [3.63, 3.8) is 0 Å². The van der Waals surface area contributed by atoms with Crippen molar-refractivity contribution >= 4 is 18.0 Å². The first-order valence-electron chi connectivity index (χ1n) is 4.56. The summed E-state index contributed by atoms with van der Waals surface area (Å²) in [6.07, 6.45) is 5.50. The Hall–Kier alpha value is -0.870. The Morgan fingerprint density at radius 1 is 1.57 bits per heavy atom. The minimum Gasteiger partial charge on any atom is -0.334 e. The molecule has 0 saturated carbocycles. The molecule has 1 unspecified atom stereocenters. The topological polar surface area (TPSA) is 64.9 Å². The van der Waals surface area contributed by atoms with Gasteiger partial charge in [-0.3, -0.25) is 0 Å². The van der Waals surface area contributed by atoms with Gasteiger partial charge in [-0.2, -0.15) is 4.98 Å². The summed E-state index contributed by atoms with van der Waals surface area (Å²) >= 11 is 0. The largest absolute Gasteiger partial charge is 0.334 e. The average molecular weight is 216 g/mol. The summed E-state index contributed by atoms with van der Waals surface area (Å²) in [5, 5.41) is 3.81. The molecule has 2 rings (SSSR count). The normalized spacial score (nSPS) is 17.4. The van der Waals surface area contributed by atoms with Crippen LogP contribution in [0.2, 0.25) is 0 Å². The molecule has 1 aliphatic rings. The Morgan fingerprint density at radius 2 is 2.36 bits per heavy atom. The monoisotopic (exact) mass is 215 g/mol. The van der Waals surface area contributed by atoms with E-state index in [1.54, 1.807) is 0 Å². The molecule has 2 N–H and O–H groups in total. The van der Waals surface area contributed by atoms with Gasteiger partial charge in [-0.25, -0.2) is 0 Å². The molecule has 0 radical (unpaired) electrons. The van der Waals surface area contributed by atoms with E-state index in [1.807, 2.05) is 6.92 Å². The maximum Gasteiger partial charge on any atom is 0.253 e. The van der Waals surface area contributed by atoms with Gasteiger partial charge in [0.1, 0.15) is 0 Å². The Kier molecular flexibility index (Phi) is 3.66. The summed E-state index contributed by atoms with van der Waals surface area (Å²) < 4.78 is 5.10. The lowest BCUT2D eigenvalue weighted by atomic mass is 10.2. The molecule has 0 bridgehead atoms. The molecule has 1 aliphatic carbocycles. The highest BCUT2D eigenvalue weighted by atomic mass is 35.5. The van der Waals surface area contributed by atoms with E-state index in [-0.39, 0.29) is 18.4 Å². The van der Waals surface area contributed by atoms with Crippen molar-refractivity contribution in [3.05, 3.63) is 17.8 Å². The lowest BCUT2D eigenvalue weighted by molar-refractivity contribution is 0.396. The minimum absolute atomic E-state index is 0. The summed E-state index contributed by atoms with van der Waals surface area (Å²) in [5.41, 5.74) is 6.79. The lowest BCUT2D eigenvalue weighted by Crippen LogP contribution is -2.06. The van der Waals surface area contributed by atoms with Crippen molar-refractivity contribution in [2.24, 2.45) is 5.73 Å². The highest BCUT2D eigenvalue weighted by molar-refractivity contribution is 5.85. The predicted molar refractivity (Wildman–Crippen MR) is 56.0 cm³/mol. The molecule has 1 atom stereocenters. The van der Waals surface area contributed by atoms with Crippen molar-refractivity contribution in [2.45, 2.75) is 32.2 Å². The van der Waals surface area contributed by atoms with Gasteiger partial charge in [0.05, 0.1) is 6.04 Å². The first-order valence-corrected chi connectivity index (χ1v) is 4.56. The van der Waals surface area contributed by atoms with Crippen LogP contribution >= 0.6 is 12.4 Å². The van der Waals surface area contributed by atoms with Crippen molar-refractivity contribution < 1.29 is 4.52 Å². The number of hydrogen-bond donors (Lipinski definition) is 1. The maximum absolute atomic E-state index is 5.62. The van der Waals surface area contributed by atoms with Gasteiger partial charge < -0.3 is 10.3 Å². The van der Waals surface area contributed by atoms with E-state index in [9.17, 15) is 0 Å². The van der Waals surface area contributed by atoms with Crippen LogP contribution in [0.4, 0.5) is 0 Å². The highest BCUT2D eigenvalue weighted by Gasteiger charge is 2.15. The number of rotatable bonds is 2. The quantitative estimate of drug-likeness (QED) is 0.821. The van der Waals surface area contributed by atoms with E-state index < -0.39 is 0 Å². The van der Waals surface area contributed by atoms with E-state index in [1.165, 1.54) is 12.0 Å². The molecule has 1 aromatic heterocycles. The molecule has 0 aromatic carbocycles. The van der Waals surface area contributed by atoms with E-state index in [0.717, 1.165) is 12.8 Å². The minimum atomic E-state index is -0.153. The summed E-state index contributed by atoms with van der Waals surface area (Å²) in [5.74, 6) is 1.23. The zero-order valence-electron chi connectivity index (χ0n) is 8.06. The Balaban J connectivity index is 0.000000980. The average Bonchev–Trinajstić information content (AvgIpc) is 2.75.